The van der Waals surface area contributed by atoms with E-state index in [0.29, 0.717) is 5.56 Å². The first-order valence-electron chi connectivity index (χ1n) is 10.1. The molecule has 3 N–H and O–H groups in total. The van der Waals surface area contributed by atoms with Crippen LogP contribution in [0.2, 0.25) is 0 Å². The fourth-order valence-corrected chi connectivity index (χ4v) is 2.95. The van der Waals surface area contributed by atoms with Gasteiger partial charge >= 0.3 is 18.2 Å². The molecule has 0 aliphatic heterocycles. The van der Waals surface area contributed by atoms with E-state index < -0.39 is 47.7 Å². The molecule has 10 heteroatoms. The van der Waals surface area contributed by atoms with Crippen LogP contribution in [-0.2, 0) is 33.5 Å². The summed E-state index contributed by atoms with van der Waals surface area (Å²) < 4.78 is 43.2. The van der Waals surface area contributed by atoms with E-state index in [1.165, 1.54) is 0 Å². The Morgan fingerprint density at radius 3 is 2.06 bits per heavy atom. The van der Waals surface area contributed by atoms with E-state index in [4.69, 9.17) is 4.74 Å². The SMILES string of the molecule is CC(C)[C@H](NC(=O)OCc1ccccc1)C(=O)N[C@H](Cc1ccc(C(F)(F)F)cc1)C(=O)O. The summed E-state index contributed by atoms with van der Waals surface area (Å²) in [5.41, 5.74) is 0.188. The van der Waals surface area contributed by atoms with Crippen molar-refractivity contribution in [3.05, 3.63) is 71.3 Å². The molecule has 2 atom stereocenters. The van der Waals surface area contributed by atoms with Crippen LogP contribution < -0.4 is 10.6 Å². The minimum atomic E-state index is -4.51. The van der Waals surface area contributed by atoms with Gasteiger partial charge in [0.1, 0.15) is 18.7 Å². The van der Waals surface area contributed by atoms with Crippen molar-refractivity contribution in [3.63, 3.8) is 0 Å². The Morgan fingerprint density at radius 1 is 0.939 bits per heavy atom. The highest BCUT2D eigenvalue weighted by Gasteiger charge is 2.31. The highest BCUT2D eigenvalue weighted by Crippen LogP contribution is 2.29. The van der Waals surface area contributed by atoms with Crippen LogP contribution in [0.15, 0.2) is 54.6 Å². The fourth-order valence-electron chi connectivity index (χ4n) is 2.95. The van der Waals surface area contributed by atoms with Crippen molar-refractivity contribution in [2.24, 2.45) is 5.92 Å². The summed E-state index contributed by atoms with van der Waals surface area (Å²) in [5, 5.41) is 14.2. The maximum atomic E-state index is 12.7. The second kappa shape index (κ2) is 11.3. The van der Waals surface area contributed by atoms with Crippen molar-refractivity contribution >= 4 is 18.0 Å². The molecule has 0 aliphatic rings. The molecule has 0 radical (unpaired) electrons. The lowest BCUT2D eigenvalue weighted by molar-refractivity contribution is -0.142. The lowest BCUT2D eigenvalue weighted by Gasteiger charge is -2.24. The largest absolute Gasteiger partial charge is 0.480 e. The number of nitrogens with one attached hydrogen (secondary N) is 2. The molecule has 0 aliphatic carbocycles. The average molecular weight is 466 g/mol. The van der Waals surface area contributed by atoms with Gasteiger partial charge in [0.05, 0.1) is 5.56 Å². The summed E-state index contributed by atoms with van der Waals surface area (Å²) in [5.74, 6) is -2.51. The van der Waals surface area contributed by atoms with Crippen LogP contribution in [-0.4, -0.2) is 35.2 Å². The Morgan fingerprint density at radius 2 is 1.55 bits per heavy atom. The molecule has 33 heavy (non-hydrogen) atoms. The molecule has 2 amide bonds. The summed E-state index contributed by atoms with van der Waals surface area (Å²) in [6.07, 6.45) is -5.59. The van der Waals surface area contributed by atoms with E-state index >= 15 is 0 Å². The lowest BCUT2D eigenvalue weighted by atomic mass is 10.0. The third kappa shape index (κ3) is 8.13. The number of hydrogen-bond donors (Lipinski definition) is 3. The van der Waals surface area contributed by atoms with Crippen molar-refractivity contribution < 1.29 is 37.4 Å². The first kappa shape index (κ1) is 25.7. The Bertz CT molecular complexity index is 947. The molecule has 2 aromatic carbocycles. The highest BCUT2D eigenvalue weighted by atomic mass is 19.4. The molecule has 0 unspecified atom stereocenters. The van der Waals surface area contributed by atoms with Crippen LogP contribution in [0.5, 0.6) is 0 Å². The fraction of sp³-hybridized carbons (Fsp3) is 0.348. The number of halogens is 3. The predicted molar refractivity (Wildman–Crippen MR) is 113 cm³/mol. The van der Waals surface area contributed by atoms with Gasteiger partial charge in [-0.2, -0.15) is 13.2 Å². The Labute approximate surface area is 188 Å². The van der Waals surface area contributed by atoms with Gasteiger partial charge in [-0.25, -0.2) is 9.59 Å². The first-order chi connectivity index (χ1) is 15.5. The second-order valence-corrected chi connectivity index (χ2v) is 7.73. The van der Waals surface area contributed by atoms with Gasteiger partial charge < -0.3 is 20.5 Å². The number of alkyl carbamates (subject to hydrolysis) is 1. The lowest BCUT2D eigenvalue weighted by Crippen LogP contribution is -2.54. The second-order valence-electron chi connectivity index (χ2n) is 7.73. The third-order valence-electron chi connectivity index (χ3n) is 4.77. The van der Waals surface area contributed by atoms with Crippen molar-refractivity contribution in [2.75, 3.05) is 0 Å². The zero-order chi connectivity index (χ0) is 24.6. The quantitative estimate of drug-likeness (QED) is 0.522. The molecule has 0 saturated heterocycles. The molecule has 0 saturated carbocycles. The van der Waals surface area contributed by atoms with Gasteiger partial charge in [0.2, 0.25) is 5.91 Å². The molecule has 0 heterocycles. The number of rotatable bonds is 9. The Kier molecular flexibility index (Phi) is 8.84. The number of carbonyl (C=O) groups is 3. The van der Waals surface area contributed by atoms with Crippen molar-refractivity contribution in [3.8, 4) is 0 Å². The van der Waals surface area contributed by atoms with Gasteiger partial charge in [0, 0.05) is 6.42 Å². The summed E-state index contributed by atoms with van der Waals surface area (Å²) in [6.45, 7) is 3.31. The summed E-state index contributed by atoms with van der Waals surface area (Å²) in [4.78, 5) is 36.5. The van der Waals surface area contributed by atoms with Crippen LogP contribution in [0.3, 0.4) is 0 Å². The van der Waals surface area contributed by atoms with E-state index in [1.54, 1.807) is 38.1 Å². The van der Waals surface area contributed by atoms with Crippen molar-refractivity contribution in [1.82, 2.24) is 10.6 Å². The minimum absolute atomic E-state index is 0.00915. The van der Waals surface area contributed by atoms with E-state index in [-0.39, 0.29) is 13.0 Å². The highest BCUT2D eigenvalue weighted by molar-refractivity contribution is 5.89. The molecule has 7 nitrogen and oxygen atoms in total. The van der Waals surface area contributed by atoms with Crippen LogP contribution in [0.25, 0.3) is 0 Å². The van der Waals surface area contributed by atoms with Gasteiger partial charge in [0.25, 0.3) is 0 Å². The van der Waals surface area contributed by atoms with Gasteiger partial charge in [0.15, 0.2) is 0 Å². The molecule has 0 bridgehead atoms. The maximum absolute atomic E-state index is 12.7. The summed E-state index contributed by atoms with van der Waals surface area (Å²) in [6, 6.07) is 10.4. The van der Waals surface area contributed by atoms with Crippen molar-refractivity contribution in [1.29, 1.82) is 0 Å². The smallest absolute Gasteiger partial charge is 0.416 e. The van der Waals surface area contributed by atoms with Gasteiger partial charge in [-0.05, 0) is 29.2 Å². The minimum Gasteiger partial charge on any atom is -0.480 e. The van der Waals surface area contributed by atoms with E-state index in [1.807, 2.05) is 6.07 Å². The van der Waals surface area contributed by atoms with E-state index in [9.17, 15) is 32.7 Å². The molecule has 178 valence electrons. The van der Waals surface area contributed by atoms with Crippen LogP contribution >= 0.6 is 0 Å². The molecule has 2 rings (SSSR count). The van der Waals surface area contributed by atoms with Crippen molar-refractivity contribution in [2.45, 2.75) is 45.1 Å². The zero-order valence-corrected chi connectivity index (χ0v) is 18.1. The molecule has 0 aromatic heterocycles. The number of hydrogen-bond acceptors (Lipinski definition) is 4. The molecule has 2 aromatic rings. The first-order valence-corrected chi connectivity index (χ1v) is 10.1. The number of ether oxygens (including phenoxy) is 1. The number of carbonyl (C=O) groups excluding carboxylic acids is 2. The maximum Gasteiger partial charge on any atom is 0.416 e. The number of benzene rings is 2. The van der Waals surface area contributed by atoms with Gasteiger partial charge in [-0.3, -0.25) is 4.79 Å². The third-order valence-corrected chi connectivity index (χ3v) is 4.77. The van der Waals surface area contributed by atoms with Crippen LogP contribution in [0.1, 0.15) is 30.5 Å². The van der Waals surface area contributed by atoms with Gasteiger partial charge in [-0.15, -0.1) is 0 Å². The monoisotopic (exact) mass is 466 g/mol. The number of carboxylic acid groups (broad SMARTS) is 1. The normalized spacial score (nSPS) is 13.2. The van der Waals surface area contributed by atoms with Crippen LogP contribution in [0, 0.1) is 5.92 Å². The summed E-state index contributed by atoms with van der Waals surface area (Å²) in [7, 11) is 0. The summed E-state index contributed by atoms with van der Waals surface area (Å²) >= 11 is 0. The standard InChI is InChI=1S/C23H25F3N2O5/c1-14(2)19(28-22(32)33-13-16-6-4-3-5-7-16)20(29)27-18(21(30)31)12-15-8-10-17(11-9-15)23(24,25)26/h3-11,14,18-19H,12-13H2,1-2H3,(H,27,29)(H,28,32)(H,30,31)/t18-,19+/m1/s1. The molecule has 0 fully saturated rings. The Balaban J connectivity index is 2.00. The number of carboxylic acids is 1. The average Bonchev–Trinajstić information content (AvgIpc) is 2.75. The Hall–Kier alpha value is -3.56. The van der Waals surface area contributed by atoms with E-state index in [0.717, 1.165) is 29.8 Å². The number of alkyl halides is 3. The zero-order valence-electron chi connectivity index (χ0n) is 18.1. The van der Waals surface area contributed by atoms with Gasteiger partial charge in [-0.1, -0.05) is 56.3 Å². The van der Waals surface area contributed by atoms with E-state index in [2.05, 4.69) is 10.6 Å². The molecular weight excluding hydrogens is 441 g/mol. The predicted octanol–water partition coefficient (Wildman–Crippen LogP) is 3.77. The molecule has 0 spiro atoms. The molecular formula is C23H25F3N2O5. The van der Waals surface area contributed by atoms with Crippen LogP contribution in [0.4, 0.5) is 18.0 Å². The number of amides is 2. The number of aliphatic carboxylic acids is 1. The topological polar surface area (TPSA) is 105 Å².